The van der Waals surface area contributed by atoms with E-state index in [0.29, 0.717) is 23.2 Å². The van der Waals surface area contributed by atoms with Gasteiger partial charge >= 0.3 is 0 Å². The van der Waals surface area contributed by atoms with Crippen LogP contribution in [0.5, 0.6) is 11.5 Å². The van der Waals surface area contributed by atoms with E-state index in [1.165, 1.54) is 44.9 Å². The van der Waals surface area contributed by atoms with E-state index >= 15 is 0 Å². The fourth-order valence-electron chi connectivity index (χ4n) is 6.11. The predicted octanol–water partition coefficient (Wildman–Crippen LogP) is 9.63. The molecule has 3 aliphatic heterocycles. The zero-order chi connectivity index (χ0) is 31.9. The Bertz CT molecular complexity index is 1210. The van der Waals surface area contributed by atoms with E-state index in [2.05, 4.69) is 63.8 Å². The van der Waals surface area contributed by atoms with E-state index in [0.717, 1.165) is 85.7 Å². The van der Waals surface area contributed by atoms with Crippen molar-refractivity contribution in [2.45, 2.75) is 106 Å². The fraction of sp³-hybridized carbons (Fsp3) is 0.590. The average molecular weight is 604 g/mol. The summed E-state index contributed by atoms with van der Waals surface area (Å²) in [5.41, 5.74) is 4.89. The van der Waals surface area contributed by atoms with Gasteiger partial charge in [-0.2, -0.15) is 0 Å². The molecule has 2 unspecified atom stereocenters. The summed E-state index contributed by atoms with van der Waals surface area (Å²) in [4.78, 5) is 25.4. The number of fused-ring (bicyclic) bond motifs is 3. The van der Waals surface area contributed by atoms with Crippen molar-refractivity contribution in [1.29, 1.82) is 0 Å². The van der Waals surface area contributed by atoms with Gasteiger partial charge in [-0.15, -0.1) is 0 Å². The molecule has 0 amide bonds. The van der Waals surface area contributed by atoms with Gasteiger partial charge in [-0.1, -0.05) is 72.3 Å². The smallest absolute Gasteiger partial charge is 0.182 e. The molecule has 0 aliphatic carbocycles. The molecule has 0 saturated carbocycles. The molecule has 3 heterocycles. The first-order valence-corrected chi connectivity index (χ1v) is 17.3. The summed E-state index contributed by atoms with van der Waals surface area (Å²) >= 11 is 0. The number of piperidine rings is 3. The molecule has 2 bridgehead atoms. The number of hydrogen-bond donors (Lipinski definition) is 0. The van der Waals surface area contributed by atoms with E-state index in [-0.39, 0.29) is 5.92 Å². The standard InChI is InChI=1S/C23H33NO2.C16H24O2/c1-4-6-7-18(5-2)16-26-22-9-8-19(14-17(22)3)15-21-23(25)20-10-12-24(21)13-11-20;1-4-6-7-14(5-2)12-18-16-9-8-15(11-17)10-13(16)3/h8-9,14-15,18,20H,4-7,10-13,16H2,1-3H3;8-11,14H,4-7,12H2,1-3H3. The number of carbonyl (C=O) groups excluding carboxylic acids is 2. The number of Topliss-reactive ketones (excluding diaryl/α,β-unsaturated/α-hetero) is 1. The minimum Gasteiger partial charge on any atom is -0.493 e. The highest BCUT2D eigenvalue weighted by atomic mass is 16.5. The van der Waals surface area contributed by atoms with E-state index < -0.39 is 0 Å². The molecule has 242 valence electrons. The molecular weight excluding hydrogens is 546 g/mol. The monoisotopic (exact) mass is 603 g/mol. The molecule has 2 aromatic rings. The third-order valence-corrected chi connectivity index (χ3v) is 9.33. The van der Waals surface area contributed by atoms with Gasteiger partial charge in [-0.25, -0.2) is 0 Å². The van der Waals surface area contributed by atoms with Crippen molar-refractivity contribution in [2.24, 2.45) is 17.8 Å². The Balaban J connectivity index is 0.000000259. The lowest BCUT2D eigenvalue weighted by atomic mass is 9.84. The van der Waals surface area contributed by atoms with Gasteiger partial charge in [-0.05, 0) is 104 Å². The van der Waals surface area contributed by atoms with Crippen molar-refractivity contribution in [1.82, 2.24) is 4.90 Å². The first-order chi connectivity index (χ1) is 21.3. The van der Waals surface area contributed by atoms with Gasteiger partial charge in [0.05, 0.1) is 18.9 Å². The van der Waals surface area contributed by atoms with Crippen LogP contribution in [0.1, 0.15) is 119 Å². The summed E-state index contributed by atoms with van der Waals surface area (Å²) in [5.74, 6) is 3.73. The number of ether oxygens (including phenoxy) is 2. The fourth-order valence-corrected chi connectivity index (χ4v) is 6.11. The predicted molar refractivity (Wildman–Crippen MR) is 183 cm³/mol. The van der Waals surface area contributed by atoms with Crippen LogP contribution >= 0.6 is 0 Å². The van der Waals surface area contributed by atoms with Crippen LogP contribution in [0.4, 0.5) is 0 Å². The lowest BCUT2D eigenvalue weighted by Crippen LogP contribution is -2.45. The molecule has 3 aliphatic rings. The van der Waals surface area contributed by atoms with E-state index in [1.54, 1.807) is 0 Å². The summed E-state index contributed by atoms with van der Waals surface area (Å²) < 4.78 is 12.0. The Morgan fingerprint density at radius 3 is 1.73 bits per heavy atom. The molecule has 3 fully saturated rings. The quantitative estimate of drug-likeness (QED) is 0.141. The summed E-state index contributed by atoms with van der Waals surface area (Å²) in [6.45, 7) is 16.6. The zero-order valence-corrected chi connectivity index (χ0v) is 28.3. The number of aldehydes is 1. The lowest BCUT2D eigenvalue weighted by molar-refractivity contribution is -0.125. The maximum Gasteiger partial charge on any atom is 0.182 e. The minimum atomic E-state index is 0.254. The average Bonchev–Trinajstić information content (AvgIpc) is 3.04. The molecule has 0 N–H and O–H groups in total. The maximum atomic E-state index is 12.5. The Kier molecular flexibility index (Phi) is 15.0. The number of aryl methyl sites for hydroxylation is 2. The van der Waals surface area contributed by atoms with Crippen molar-refractivity contribution >= 4 is 18.1 Å². The second-order valence-corrected chi connectivity index (χ2v) is 12.8. The molecule has 0 aromatic heterocycles. The number of benzene rings is 2. The first kappa shape index (κ1) is 35.4. The van der Waals surface area contributed by atoms with E-state index in [4.69, 9.17) is 9.47 Å². The van der Waals surface area contributed by atoms with Gasteiger partial charge in [0.15, 0.2) is 5.78 Å². The van der Waals surface area contributed by atoms with Crippen LogP contribution in [0.3, 0.4) is 0 Å². The highest BCUT2D eigenvalue weighted by Crippen LogP contribution is 2.33. The van der Waals surface area contributed by atoms with Crippen LogP contribution in [0.15, 0.2) is 42.1 Å². The van der Waals surface area contributed by atoms with E-state index in [1.807, 2.05) is 25.1 Å². The minimum absolute atomic E-state index is 0.254. The zero-order valence-electron chi connectivity index (χ0n) is 28.3. The number of rotatable bonds is 16. The summed E-state index contributed by atoms with van der Waals surface area (Å²) in [5, 5.41) is 0. The molecule has 3 saturated heterocycles. The Morgan fingerprint density at radius 2 is 1.30 bits per heavy atom. The Morgan fingerprint density at radius 1 is 0.795 bits per heavy atom. The van der Waals surface area contributed by atoms with Crippen LogP contribution in [0.25, 0.3) is 6.08 Å². The van der Waals surface area contributed by atoms with Gasteiger partial charge < -0.3 is 14.4 Å². The maximum absolute atomic E-state index is 12.5. The number of ketones is 1. The second-order valence-electron chi connectivity index (χ2n) is 12.8. The third-order valence-electron chi connectivity index (χ3n) is 9.33. The molecule has 2 aromatic carbocycles. The van der Waals surface area contributed by atoms with Crippen LogP contribution in [-0.4, -0.2) is 43.3 Å². The first-order valence-electron chi connectivity index (χ1n) is 17.3. The molecule has 44 heavy (non-hydrogen) atoms. The highest BCUT2D eigenvalue weighted by Gasteiger charge is 2.36. The van der Waals surface area contributed by atoms with Crippen molar-refractivity contribution in [2.75, 3.05) is 26.3 Å². The number of nitrogens with zero attached hydrogens (tertiary/aromatic N) is 1. The number of unbranched alkanes of at least 4 members (excludes halogenated alkanes) is 2. The van der Waals surface area contributed by atoms with Gasteiger partial charge in [0.1, 0.15) is 17.8 Å². The SMILES string of the molecule is CCCCC(CC)COc1ccc(C=C2C(=O)C3CCN2CC3)cc1C.CCCCC(CC)COc1ccc(C=O)cc1C. The topological polar surface area (TPSA) is 55.8 Å². The Hall–Kier alpha value is -3.08. The molecule has 5 nitrogen and oxygen atoms in total. The van der Waals surface area contributed by atoms with Crippen molar-refractivity contribution in [3.63, 3.8) is 0 Å². The summed E-state index contributed by atoms with van der Waals surface area (Å²) in [7, 11) is 0. The van der Waals surface area contributed by atoms with Crippen molar-refractivity contribution in [3.8, 4) is 11.5 Å². The van der Waals surface area contributed by atoms with Crippen LogP contribution in [0.2, 0.25) is 0 Å². The van der Waals surface area contributed by atoms with Crippen LogP contribution in [-0.2, 0) is 4.79 Å². The van der Waals surface area contributed by atoms with Crippen LogP contribution < -0.4 is 9.47 Å². The summed E-state index contributed by atoms with van der Waals surface area (Å²) in [6, 6.07) is 11.9. The highest BCUT2D eigenvalue weighted by molar-refractivity contribution is 6.01. The third kappa shape index (κ3) is 10.5. The number of hydrogen-bond acceptors (Lipinski definition) is 5. The lowest BCUT2D eigenvalue weighted by Gasteiger charge is -2.41. The molecular formula is C39H57NO4. The normalized spacial score (nSPS) is 16.8. The van der Waals surface area contributed by atoms with Gasteiger partial charge in [0.2, 0.25) is 0 Å². The van der Waals surface area contributed by atoms with Gasteiger partial charge in [0.25, 0.3) is 0 Å². The van der Waals surface area contributed by atoms with Gasteiger partial charge in [-0.3, -0.25) is 9.59 Å². The molecule has 0 spiro atoms. The second kappa shape index (κ2) is 18.7. The molecule has 5 heteroatoms. The molecule has 2 atom stereocenters. The largest absolute Gasteiger partial charge is 0.493 e. The van der Waals surface area contributed by atoms with E-state index in [9.17, 15) is 9.59 Å². The van der Waals surface area contributed by atoms with Crippen LogP contribution in [0, 0.1) is 31.6 Å². The number of allylic oxidation sites excluding steroid dienone is 1. The molecule has 0 radical (unpaired) electrons. The van der Waals surface area contributed by atoms with Crippen molar-refractivity contribution in [3.05, 3.63) is 64.3 Å². The molecule has 5 rings (SSSR count). The Labute approximate surface area is 267 Å². The number of carbonyl (C=O) groups is 2. The van der Waals surface area contributed by atoms with Crippen molar-refractivity contribution < 1.29 is 19.1 Å². The van der Waals surface area contributed by atoms with Gasteiger partial charge in [0, 0.05) is 24.6 Å². The summed E-state index contributed by atoms with van der Waals surface area (Å²) in [6.07, 6.45) is 14.8.